The van der Waals surface area contributed by atoms with Gasteiger partial charge in [-0.1, -0.05) is 0 Å². The van der Waals surface area contributed by atoms with Gasteiger partial charge < -0.3 is 10.6 Å². The lowest BCUT2D eigenvalue weighted by Gasteiger charge is -2.21. The van der Waals surface area contributed by atoms with Crippen molar-refractivity contribution in [2.45, 2.75) is 11.3 Å². The van der Waals surface area contributed by atoms with E-state index in [4.69, 9.17) is 5.73 Å². The SMILES string of the molecule is CN1CCC(CN(C)S(=O)(=O)c2cc(N)cc(F)c2)C1. The molecule has 1 aliphatic rings. The van der Waals surface area contributed by atoms with Crippen molar-refractivity contribution in [2.24, 2.45) is 5.92 Å². The molecule has 1 fully saturated rings. The number of hydrogen-bond acceptors (Lipinski definition) is 4. The van der Waals surface area contributed by atoms with Crippen LogP contribution in [0.5, 0.6) is 0 Å². The normalized spacial score (nSPS) is 20.7. The molecular weight excluding hydrogens is 281 g/mol. The van der Waals surface area contributed by atoms with Gasteiger partial charge in [0.2, 0.25) is 10.0 Å². The van der Waals surface area contributed by atoms with Gasteiger partial charge in [0, 0.05) is 25.8 Å². The molecule has 112 valence electrons. The summed E-state index contributed by atoms with van der Waals surface area (Å²) >= 11 is 0. The highest BCUT2D eigenvalue weighted by atomic mass is 32.2. The summed E-state index contributed by atoms with van der Waals surface area (Å²) < 4.78 is 39.4. The van der Waals surface area contributed by atoms with Crippen LogP contribution >= 0.6 is 0 Å². The standard InChI is InChI=1S/C13H20FN3O2S/c1-16-4-3-10(8-16)9-17(2)20(18,19)13-6-11(14)5-12(15)7-13/h5-7,10H,3-4,8-9,15H2,1-2H3. The van der Waals surface area contributed by atoms with Crippen molar-refractivity contribution in [3.05, 3.63) is 24.0 Å². The van der Waals surface area contributed by atoms with Gasteiger partial charge in [-0.3, -0.25) is 0 Å². The molecule has 1 unspecified atom stereocenters. The van der Waals surface area contributed by atoms with E-state index in [0.717, 1.165) is 31.6 Å². The maximum atomic E-state index is 13.3. The van der Waals surface area contributed by atoms with E-state index >= 15 is 0 Å². The maximum Gasteiger partial charge on any atom is 0.243 e. The predicted molar refractivity (Wildman–Crippen MR) is 76.2 cm³/mol. The molecular formula is C13H20FN3O2S. The molecule has 1 aromatic rings. The van der Waals surface area contributed by atoms with Crippen LogP contribution in [0.3, 0.4) is 0 Å². The summed E-state index contributed by atoms with van der Waals surface area (Å²) in [6.45, 7) is 2.29. The van der Waals surface area contributed by atoms with Crippen molar-refractivity contribution in [2.75, 3.05) is 39.5 Å². The zero-order chi connectivity index (χ0) is 14.9. The van der Waals surface area contributed by atoms with Crippen LogP contribution in [0.4, 0.5) is 10.1 Å². The van der Waals surface area contributed by atoms with E-state index in [9.17, 15) is 12.8 Å². The summed E-state index contributed by atoms with van der Waals surface area (Å²) in [7, 11) is -0.156. The monoisotopic (exact) mass is 301 g/mol. The van der Waals surface area contributed by atoms with Crippen molar-refractivity contribution < 1.29 is 12.8 Å². The second-order valence-corrected chi connectivity index (χ2v) is 7.47. The second kappa shape index (κ2) is 5.67. The first-order valence-corrected chi connectivity index (χ1v) is 7.94. The molecule has 0 spiro atoms. The third-order valence-electron chi connectivity index (χ3n) is 3.61. The Morgan fingerprint density at radius 2 is 2.15 bits per heavy atom. The number of nitrogens with zero attached hydrogens (tertiary/aromatic N) is 2. The second-order valence-electron chi connectivity index (χ2n) is 5.42. The van der Waals surface area contributed by atoms with Gasteiger partial charge in [-0.25, -0.2) is 17.1 Å². The number of nitrogen functional groups attached to an aromatic ring is 1. The third kappa shape index (κ3) is 3.28. The van der Waals surface area contributed by atoms with Gasteiger partial charge in [0.05, 0.1) is 4.90 Å². The number of likely N-dealkylation sites (tertiary alicyclic amines) is 1. The lowest BCUT2D eigenvalue weighted by atomic mass is 10.1. The number of halogens is 1. The van der Waals surface area contributed by atoms with Crippen LogP contribution in [-0.2, 0) is 10.0 Å². The molecule has 0 bridgehead atoms. The highest BCUT2D eigenvalue weighted by Gasteiger charge is 2.27. The fourth-order valence-electron chi connectivity index (χ4n) is 2.55. The highest BCUT2D eigenvalue weighted by molar-refractivity contribution is 7.89. The average Bonchev–Trinajstić information content (AvgIpc) is 2.73. The molecule has 2 rings (SSSR count). The topological polar surface area (TPSA) is 66.6 Å². The molecule has 0 saturated carbocycles. The quantitative estimate of drug-likeness (QED) is 0.842. The van der Waals surface area contributed by atoms with Gasteiger partial charge in [0.25, 0.3) is 0 Å². The largest absolute Gasteiger partial charge is 0.399 e. The summed E-state index contributed by atoms with van der Waals surface area (Å²) in [5.41, 5.74) is 5.62. The Morgan fingerprint density at radius 3 is 2.70 bits per heavy atom. The van der Waals surface area contributed by atoms with Gasteiger partial charge in [0.15, 0.2) is 0 Å². The lowest BCUT2D eigenvalue weighted by molar-refractivity contribution is 0.356. The van der Waals surface area contributed by atoms with Crippen LogP contribution in [0.2, 0.25) is 0 Å². The highest BCUT2D eigenvalue weighted by Crippen LogP contribution is 2.22. The fourth-order valence-corrected chi connectivity index (χ4v) is 3.86. The van der Waals surface area contributed by atoms with Crippen LogP contribution in [0.1, 0.15) is 6.42 Å². The van der Waals surface area contributed by atoms with E-state index in [1.165, 1.54) is 17.4 Å². The molecule has 1 atom stereocenters. The zero-order valence-electron chi connectivity index (χ0n) is 11.7. The first-order chi connectivity index (χ1) is 9.29. The van der Waals surface area contributed by atoms with Gasteiger partial charge in [-0.2, -0.15) is 0 Å². The Bertz CT molecular complexity index is 571. The summed E-state index contributed by atoms with van der Waals surface area (Å²) in [6.07, 6.45) is 0.974. The van der Waals surface area contributed by atoms with Crippen molar-refractivity contribution in [3.8, 4) is 0 Å². The minimum atomic E-state index is -3.69. The number of hydrogen-bond donors (Lipinski definition) is 1. The van der Waals surface area contributed by atoms with Crippen molar-refractivity contribution in [1.82, 2.24) is 9.21 Å². The molecule has 0 radical (unpaired) electrons. The molecule has 0 amide bonds. The number of nitrogens with two attached hydrogens (primary N) is 1. The van der Waals surface area contributed by atoms with Gasteiger partial charge in [-0.15, -0.1) is 0 Å². The van der Waals surface area contributed by atoms with E-state index in [0.29, 0.717) is 12.5 Å². The van der Waals surface area contributed by atoms with Crippen molar-refractivity contribution >= 4 is 15.7 Å². The fraction of sp³-hybridized carbons (Fsp3) is 0.538. The smallest absolute Gasteiger partial charge is 0.243 e. The zero-order valence-corrected chi connectivity index (χ0v) is 12.5. The van der Waals surface area contributed by atoms with Gasteiger partial charge in [0.1, 0.15) is 5.82 Å². The van der Waals surface area contributed by atoms with E-state index in [1.54, 1.807) is 0 Å². The minimum absolute atomic E-state index is 0.0937. The summed E-state index contributed by atoms with van der Waals surface area (Å²) in [6, 6.07) is 3.39. The number of benzene rings is 1. The van der Waals surface area contributed by atoms with Gasteiger partial charge >= 0.3 is 0 Å². The number of rotatable bonds is 4. The molecule has 0 aliphatic carbocycles. The molecule has 5 nitrogen and oxygen atoms in total. The first kappa shape index (κ1) is 15.2. The minimum Gasteiger partial charge on any atom is -0.399 e. The average molecular weight is 301 g/mol. The molecule has 1 aliphatic heterocycles. The summed E-state index contributed by atoms with van der Waals surface area (Å²) in [4.78, 5) is 2.08. The summed E-state index contributed by atoms with van der Waals surface area (Å²) in [5, 5.41) is 0. The number of sulfonamides is 1. The number of anilines is 1. The van der Waals surface area contributed by atoms with E-state index in [2.05, 4.69) is 4.90 Å². The Hall–Kier alpha value is -1.18. The molecule has 1 saturated heterocycles. The van der Waals surface area contributed by atoms with Crippen LogP contribution < -0.4 is 5.73 Å². The molecule has 1 aromatic carbocycles. The maximum absolute atomic E-state index is 13.3. The summed E-state index contributed by atoms with van der Waals surface area (Å²) in [5.74, 6) is -0.330. The van der Waals surface area contributed by atoms with Gasteiger partial charge in [-0.05, 0) is 44.1 Å². The van der Waals surface area contributed by atoms with E-state index in [-0.39, 0.29) is 10.6 Å². The lowest BCUT2D eigenvalue weighted by Crippen LogP contribution is -2.33. The molecule has 1 heterocycles. The Kier molecular flexibility index (Phi) is 4.31. The molecule has 20 heavy (non-hydrogen) atoms. The Balaban J connectivity index is 2.16. The molecule has 2 N–H and O–H groups in total. The Labute approximate surface area is 119 Å². The van der Waals surface area contributed by atoms with Crippen molar-refractivity contribution in [1.29, 1.82) is 0 Å². The molecule has 0 aromatic heterocycles. The third-order valence-corrected chi connectivity index (χ3v) is 5.41. The predicted octanol–water partition coefficient (Wildman–Crippen LogP) is 0.980. The van der Waals surface area contributed by atoms with Crippen LogP contribution in [-0.4, -0.2) is 51.4 Å². The van der Waals surface area contributed by atoms with Crippen LogP contribution in [0.15, 0.2) is 23.1 Å². The first-order valence-electron chi connectivity index (χ1n) is 6.50. The Morgan fingerprint density at radius 1 is 1.45 bits per heavy atom. The molecule has 7 heteroatoms. The van der Waals surface area contributed by atoms with E-state index < -0.39 is 15.8 Å². The van der Waals surface area contributed by atoms with Crippen LogP contribution in [0.25, 0.3) is 0 Å². The van der Waals surface area contributed by atoms with Crippen LogP contribution in [0, 0.1) is 11.7 Å². The van der Waals surface area contributed by atoms with E-state index in [1.807, 2.05) is 7.05 Å². The van der Waals surface area contributed by atoms with Crippen molar-refractivity contribution in [3.63, 3.8) is 0 Å².